The minimum absolute atomic E-state index is 0.0872. The van der Waals surface area contributed by atoms with E-state index in [0.717, 1.165) is 0 Å². The highest BCUT2D eigenvalue weighted by atomic mass is 19.1. The van der Waals surface area contributed by atoms with Gasteiger partial charge in [0.15, 0.2) is 0 Å². The maximum Gasteiger partial charge on any atom is 0.335 e. The van der Waals surface area contributed by atoms with Crippen LogP contribution in [0.3, 0.4) is 0 Å². The van der Waals surface area contributed by atoms with Crippen molar-refractivity contribution in [3.63, 3.8) is 0 Å². The molecule has 0 atom stereocenters. The summed E-state index contributed by atoms with van der Waals surface area (Å²) in [5, 5.41) is 16.2. The Kier molecular flexibility index (Phi) is 4.79. The molecule has 2 N–H and O–H groups in total. The fraction of sp³-hybridized carbons (Fsp3) is 0.105. The molecule has 26 heavy (non-hydrogen) atoms. The van der Waals surface area contributed by atoms with Crippen molar-refractivity contribution in [3.8, 4) is 5.69 Å². The molecule has 0 bridgehead atoms. The van der Waals surface area contributed by atoms with E-state index in [-0.39, 0.29) is 23.7 Å². The van der Waals surface area contributed by atoms with Crippen molar-refractivity contribution in [1.29, 1.82) is 0 Å². The Labute approximate surface area is 148 Å². The number of carboxylic acids is 1. The zero-order chi connectivity index (χ0) is 18.7. The van der Waals surface area contributed by atoms with Crippen molar-refractivity contribution in [2.24, 2.45) is 0 Å². The first-order valence-electron chi connectivity index (χ1n) is 7.87. The molecule has 2 aromatic carbocycles. The van der Waals surface area contributed by atoms with Crippen LogP contribution >= 0.6 is 0 Å². The van der Waals surface area contributed by atoms with Gasteiger partial charge in [-0.3, -0.25) is 4.79 Å². The molecule has 7 heteroatoms. The van der Waals surface area contributed by atoms with E-state index in [9.17, 15) is 19.1 Å². The number of hydrogen-bond donors (Lipinski definition) is 2. The fourth-order valence-electron chi connectivity index (χ4n) is 2.61. The number of carbonyl (C=O) groups is 2. The highest BCUT2D eigenvalue weighted by Crippen LogP contribution is 2.18. The predicted octanol–water partition coefficient (Wildman–Crippen LogP) is 3.20. The van der Waals surface area contributed by atoms with Crippen LogP contribution in [0.4, 0.5) is 10.2 Å². The van der Waals surface area contributed by atoms with Crippen LogP contribution in [-0.2, 0) is 11.2 Å². The highest BCUT2D eigenvalue weighted by molar-refractivity contribution is 5.95. The number of rotatable bonds is 5. The monoisotopic (exact) mass is 353 g/mol. The number of aromatic nitrogens is 2. The Morgan fingerprint density at radius 2 is 1.85 bits per heavy atom. The molecule has 0 aliphatic carbocycles. The number of carbonyl (C=O) groups excluding carboxylic acids is 1. The highest BCUT2D eigenvalue weighted by Gasteiger charge is 2.15. The molecule has 3 aromatic rings. The lowest BCUT2D eigenvalue weighted by Gasteiger charge is -2.10. The van der Waals surface area contributed by atoms with E-state index in [1.807, 2.05) is 0 Å². The van der Waals surface area contributed by atoms with Gasteiger partial charge < -0.3 is 10.4 Å². The summed E-state index contributed by atoms with van der Waals surface area (Å²) in [5.74, 6) is -1.40. The van der Waals surface area contributed by atoms with Gasteiger partial charge in [-0.15, -0.1) is 0 Å². The Balaban J connectivity index is 1.83. The first-order valence-corrected chi connectivity index (χ1v) is 7.87. The van der Waals surface area contributed by atoms with Crippen molar-refractivity contribution >= 4 is 17.7 Å². The molecule has 0 unspecified atom stereocenters. The summed E-state index contributed by atoms with van der Waals surface area (Å²) in [7, 11) is 0. The van der Waals surface area contributed by atoms with E-state index in [4.69, 9.17) is 0 Å². The minimum atomic E-state index is -1.08. The average molecular weight is 353 g/mol. The molecule has 6 nitrogen and oxygen atoms in total. The number of aryl methyl sites for hydroxylation is 1. The van der Waals surface area contributed by atoms with Gasteiger partial charge in [-0.2, -0.15) is 5.10 Å². The standard InChI is InChI=1S/C19H16FN3O3/c1-12-10-17(23(22-12)15-8-6-14(20)7-9-15)21-18(24)11-13-4-2-3-5-16(13)19(25)26/h2-10H,11H2,1H3,(H,21,24)(H,25,26). The zero-order valence-corrected chi connectivity index (χ0v) is 13.9. The van der Waals surface area contributed by atoms with E-state index >= 15 is 0 Å². The van der Waals surface area contributed by atoms with E-state index < -0.39 is 5.97 Å². The second-order valence-electron chi connectivity index (χ2n) is 5.75. The number of amides is 1. The number of aromatic carboxylic acids is 1. The number of carboxylic acid groups (broad SMARTS) is 1. The number of hydrogen-bond acceptors (Lipinski definition) is 3. The van der Waals surface area contributed by atoms with Crippen LogP contribution in [0.2, 0.25) is 0 Å². The molecule has 0 radical (unpaired) electrons. The topological polar surface area (TPSA) is 84.2 Å². The van der Waals surface area contributed by atoms with Gasteiger partial charge in [0, 0.05) is 6.07 Å². The molecule has 0 saturated carbocycles. The smallest absolute Gasteiger partial charge is 0.335 e. The van der Waals surface area contributed by atoms with Gasteiger partial charge in [0.1, 0.15) is 11.6 Å². The van der Waals surface area contributed by atoms with Crippen LogP contribution in [-0.4, -0.2) is 26.8 Å². The third-order valence-electron chi connectivity index (χ3n) is 3.77. The number of anilines is 1. The molecule has 1 heterocycles. The molecule has 3 rings (SSSR count). The molecule has 0 aliphatic rings. The minimum Gasteiger partial charge on any atom is -0.478 e. The van der Waals surface area contributed by atoms with Crippen LogP contribution in [0.15, 0.2) is 54.6 Å². The normalized spacial score (nSPS) is 10.5. The van der Waals surface area contributed by atoms with Crippen molar-refractivity contribution in [1.82, 2.24) is 9.78 Å². The Morgan fingerprint density at radius 1 is 1.15 bits per heavy atom. The molecule has 0 fully saturated rings. The van der Waals surface area contributed by atoms with Crippen molar-refractivity contribution in [2.75, 3.05) is 5.32 Å². The Morgan fingerprint density at radius 3 is 2.54 bits per heavy atom. The lowest BCUT2D eigenvalue weighted by atomic mass is 10.0. The number of halogens is 1. The maximum atomic E-state index is 13.1. The van der Waals surface area contributed by atoms with Crippen molar-refractivity contribution < 1.29 is 19.1 Å². The summed E-state index contributed by atoms with van der Waals surface area (Å²) in [6.07, 6.45) is -0.0872. The summed E-state index contributed by atoms with van der Waals surface area (Å²) in [4.78, 5) is 23.7. The fourth-order valence-corrected chi connectivity index (χ4v) is 2.61. The summed E-state index contributed by atoms with van der Waals surface area (Å²) >= 11 is 0. The molecule has 1 amide bonds. The quantitative estimate of drug-likeness (QED) is 0.738. The Bertz CT molecular complexity index is 964. The summed E-state index contributed by atoms with van der Waals surface area (Å²) in [5.41, 5.74) is 1.78. The van der Waals surface area contributed by atoms with Gasteiger partial charge in [0.2, 0.25) is 5.91 Å². The lowest BCUT2D eigenvalue weighted by molar-refractivity contribution is -0.115. The molecular formula is C19H16FN3O3. The average Bonchev–Trinajstić information content (AvgIpc) is 2.96. The molecular weight excluding hydrogens is 337 g/mol. The molecule has 1 aromatic heterocycles. The van der Waals surface area contributed by atoms with E-state index in [0.29, 0.717) is 22.8 Å². The van der Waals surface area contributed by atoms with Crippen molar-refractivity contribution in [3.05, 3.63) is 77.2 Å². The van der Waals surface area contributed by atoms with Gasteiger partial charge in [-0.1, -0.05) is 18.2 Å². The number of benzene rings is 2. The van der Waals surface area contributed by atoms with Crippen LogP contribution in [0.1, 0.15) is 21.6 Å². The molecule has 0 saturated heterocycles. The molecule has 132 valence electrons. The van der Waals surface area contributed by atoms with Gasteiger partial charge in [-0.25, -0.2) is 13.9 Å². The maximum absolute atomic E-state index is 13.1. The largest absolute Gasteiger partial charge is 0.478 e. The summed E-state index contributed by atoms with van der Waals surface area (Å²) < 4.78 is 14.6. The SMILES string of the molecule is Cc1cc(NC(=O)Cc2ccccc2C(=O)O)n(-c2ccc(F)cc2)n1. The van der Waals surface area contributed by atoms with Crippen LogP contribution < -0.4 is 5.32 Å². The number of nitrogens with one attached hydrogen (secondary N) is 1. The third kappa shape index (κ3) is 3.77. The summed E-state index contributed by atoms with van der Waals surface area (Å²) in [6.45, 7) is 1.77. The first kappa shape index (κ1) is 17.3. The van der Waals surface area contributed by atoms with E-state index in [1.54, 1.807) is 43.3 Å². The molecule has 0 aliphatic heterocycles. The zero-order valence-electron chi connectivity index (χ0n) is 13.9. The van der Waals surface area contributed by atoms with Gasteiger partial charge >= 0.3 is 5.97 Å². The predicted molar refractivity (Wildman–Crippen MR) is 94.0 cm³/mol. The lowest BCUT2D eigenvalue weighted by Crippen LogP contribution is -2.18. The second kappa shape index (κ2) is 7.18. The van der Waals surface area contributed by atoms with E-state index in [2.05, 4.69) is 10.4 Å². The third-order valence-corrected chi connectivity index (χ3v) is 3.77. The van der Waals surface area contributed by atoms with Crippen LogP contribution in [0.5, 0.6) is 0 Å². The van der Waals surface area contributed by atoms with Gasteiger partial charge in [0.05, 0.1) is 23.4 Å². The van der Waals surface area contributed by atoms with Gasteiger partial charge in [-0.05, 0) is 42.8 Å². The Hall–Kier alpha value is -3.48. The first-order chi connectivity index (χ1) is 12.4. The second-order valence-corrected chi connectivity index (χ2v) is 5.75. The van der Waals surface area contributed by atoms with E-state index in [1.165, 1.54) is 22.9 Å². The summed E-state index contributed by atoms with van der Waals surface area (Å²) in [6, 6.07) is 13.8. The van der Waals surface area contributed by atoms with Crippen LogP contribution in [0, 0.1) is 12.7 Å². The van der Waals surface area contributed by atoms with Crippen molar-refractivity contribution in [2.45, 2.75) is 13.3 Å². The van der Waals surface area contributed by atoms with Gasteiger partial charge in [0.25, 0.3) is 0 Å². The van der Waals surface area contributed by atoms with Crippen LogP contribution in [0.25, 0.3) is 5.69 Å². The number of nitrogens with zero attached hydrogens (tertiary/aromatic N) is 2. The molecule has 0 spiro atoms.